The summed E-state index contributed by atoms with van der Waals surface area (Å²) in [6.07, 6.45) is 1.47. The summed E-state index contributed by atoms with van der Waals surface area (Å²) in [7, 11) is 0. The molecular weight excluding hydrogens is 264 g/mol. The van der Waals surface area contributed by atoms with Gasteiger partial charge in [0.25, 0.3) is 0 Å². The lowest BCUT2D eigenvalue weighted by molar-refractivity contribution is -0.137. The summed E-state index contributed by atoms with van der Waals surface area (Å²) in [4.78, 5) is 24.4. The fourth-order valence-electron chi connectivity index (χ4n) is 2.58. The van der Waals surface area contributed by atoms with Gasteiger partial charge in [0, 0.05) is 17.2 Å². The summed E-state index contributed by atoms with van der Waals surface area (Å²) in [5, 5.41) is 0. The number of rotatable bonds is 2. The molecule has 0 amide bonds. The maximum absolute atomic E-state index is 12.5. The lowest BCUT2D eigenvalue weighted by atomic mass is 9.81. The number of hydrogen-bond acceptors (Lipinski definition) is 3. The first kappa shape index (κ1) is 13.3. The third-order valence-electron chi connectivity index (χ3n) is 3.47. The molecule has 3 heteroatoms. The maximum atomic E-state index is 12.5. The van der Waals surface area contributed by atoms with E-state index in [0.717, 1.165) is 16.7 Å². The lowest BCUT2D eigenvalue weighted by Crippen LogP contribution is -2.15. The molecule has 1 aliphatic rings. The molecular formula is C18H14O3. The topological polar surface area (TPSA) is 43.4 Å². The van der Waals surface area contributed by atoms with Crippen LogP contribution in [0.3, 0.4) is 0 Å². The molecule has 0 heterocycles. The summed E-state index contributed by atoms with van der Waals surface area (Å²) in [5.41, 5.74) is 3.52. The van der Waals surface area contributed by atoms with E-state index in [1.165, 1.54) is 6.08 Å². The predicted molar refractivity (Wildman–Crippen MR) is 80.0 cm³/mol. The fraction of sp³-hybridized carbons (Fsp3) is 0.111. The highest BCUT2D eigenvalue weighted by Crippen LogP contribution is 2.35. The van der Waals surface area contributed by atoms with Crippen LogP contribution < -0.4 is 0 Å². The zero-order valence-corrected chi connectivity index (χ0v) is 11.6. The van der Waals surface area contributed by atoms with Crippen LogP contribution in [0.1, 0.15) is 34.0 Å². The Hall–Kier alpha value is -2.68. The molecule has 0 N–H and O–H groups in total. The molecule has 3 nitrogen and oxygen atoms in total. The number of benzene rings is 2. The first-order valence-corrected chi connectivity index (χ1v) is 6.84. The van der Waals surface area contributed by atoms with Gasteiger partial charge in [0.2, 0.25) is 0 Å². The van der Waals surface area contributed by atoms with Gasteiger partial charge in [0.05, 0.1) is 6.61 Å². The third-order valence-corrected chi connectivity index (χ3v) is 3.47. The van der Waals surface area contributed by atoms with Gasteiger partial charge in [-0.15, -0.1) is 0 Å². The molecule has 21 heavy (non-hydrogen) atoms. The van der Waals surface area contributed by atoms with Gasteiger partial charge in [-0.2, -0.15) is 0 Å². The van der Waals surface area contributed by atoms with Crippen molar-refractivity contribution in [1.29, 1.82) is 0 Å². The number of carbonyl (C=O) groups is 2. The van der Waals surface area contributed by atoms with Gasteiger partial charge >= 0.3 is 5.97 Å². The molecule has 0 saturated heterocycles. The highest BCUT2D eigenvalue weighted by Gasteiger charge is 2.26. The number of ether oxygens (including phenoxy) is 1. The van der Waals surface area contributed by atoms with Crippen molar-refractivity contribution in [3.05, 3.63) is 76.9 Å². The van der Waals surface area contributed by atoms with Crippen LogP contribution in [0.25, 0.3) is 5.57 Å². The molecule has 0 bridgehead atoms. The van der Waals surface area contributed by atoms with E-state index in [2.05, 4.69) is 0 Å². The van der Waals surface area contributed by atoms with Gasteiger partial charge in [0.15, 0.2) is 5.78 Å². The molecule has 0 aliphatic heterocycles. The van der Waals surface area contributed by atoms with Crippen LogP contribution in [0.2, 0.25) is 0 Å². The Morgan fingerprint density at radius 1 is 0.952 bits per heavy atom. The number of esters is 1. The van der Waals surface area contributed by atoms with Crippen molar-refractivity contribution in [3.63, 3.8) is 0 Å². The molecule has 0 unspecified atom stereocenters. The second-order valence-corrected chi connectivity index (χ2v) is 4.73. The molecule has 0 atom stereocenters. The summed E-state index contributed by atoms with van der Waals surface area (Å²) < 4.78 is 5.00. The van der Waals surface area contributed by atoms with Gasteiger partial charge in [-0.05, 0) is 23.6 Å². The van der Waals surface area contributed by atoms with E-state index < -0.39 is 5.97 Å². The predicted octanol–water partition coefficient (Wildman–Crippen LogP) is 3.23. The molecule has 2 aromatic rings. The highest BCUT2D eigenvalue weighted by atomic mass is 16.5. The highest BCUT2D eigenvalue weighted by molar-refractivity contribution is 6.19. The van der Waals surface area contributed by atoms with E-state index in [-0.39, 0.29) is 5.78 Å². The summed E-state index contributed by atoms with van der Waals surface area (Å²) in [5.74, 6) is -0.409. The Morgan fingerprint density at radius 3 is 1.90 bits per heavy atom. The molecule has 104 valence electrons. The van der Waals surface area contributed by atoms with Gasteiger partial charge in [-0.1, -0.05) is 48.5 Å². The normalized spacial score (nSPS) is 12.4. The van der Waals surface area contributed by atoms with E-state index in [1.54, 1.807) is 19.1 Å². The van der Waals surface area contributed by atoms with Gasteiger partial charge in [-0.25, -0.2) is 4.79 Å². The van der Waals surface area contributed by atoms with Crippen molar-refractivity contribution in [2.24, 2.45) is 0 Å². The van der Waals surface area contributed by atoms with Gasteiger partial charge in [-0.3, -0.25) is 4.79 Å². The second kappa shape index (κ2) is 5.37. The average molecular weight is 278 g/mol. The quantitative estimate of drug-likeness (QED) is 0.534. The van der Waals surface area contributed by atoms with Crippen molar-refractivity contribution >= 4 is 17.3 Å². The first-order valence-electron chi connectivity index (χ1n) is 6.84. The largest absolute Gasteiger partial charge is 0.463 e. The van der Waals surface area contributed by atoms with Crippen LogP contribution in [0, 0.1) is 0 Å². The summed E-state index contributed by atoms with van der Waals surface area (Å²) in [6, 6.07) is 14.7. The molecule has 1 aliphatic carbocycles. The van der Waals surface area contributed by atoms with Crippen molar-refractivity contribution in [2.75, 3.05) is 6.61 Å². The first-order chi connectivity index (χ1) is 10.2. The number of carbonyl (C=O) groups excluding carboxylic acids is 2. The molecule has 0 aromatic heterocycles. The van der Waals surface area contributed by atoms with Gasteiger partial charge in [0.1, 0.15) is 0 Å². The van der Waals surface area contributed by atoms with Crippen LogP contribution in [0.5, 0.6) is 0 Å². The Morgan fingerprint density at radius 2 is 1.43 bits per heavy atom. The summed E-state index contributed by atoms with van der Waals surface area (Å²) >= 11 is 0. The van der Waals surface area contributed by atoms with Crippen molar-refractivity contribution < 1.29 is 14.3 Å². The minimum absolute atomic E-state index is 0.0118. The molecule has 3 rings (SSSR count). The number of fused-ring (bicyclic) bond motifs is 2. The molecule has 0 spiro atoms. The summed E-state index contributed by atoms with van der Waals surface area (Å²) in [6.45, 7) is 2.09. The molecule has 0 fully saturated rings. The average Bonchev–Trinajstić information content (AvgIpc) is 2.52. The molecule has 2 aromatic carbocycles. The van der Waals surface area contributed by atoms with Crippen molar-refractivity contribution in [2.45, 2.75) is 6.92 Å². The van der Waals surface area contributed by atoms with Crippen LogP contribution in [0.15, 0.2) is 54.6 Å². The van der Waals surface area contributed by atoms with Crippen LogP contribution in [-0.4, -0.2) is 18.4 Å². The molecule has 0 saturated carbocycles. The Balaban J connectivity index is 2.23. The van der Waals surface area contributed by atoms with Crippen molar-refractivity contribution in [1.82, 2.24) is 0 Å². The van der Waals surface area contributed by atoms with Crippen LogP contribution in [0.4, 0.5) is 0 Å². The van der Waals surface area contributed by atoms with E-state index in [1.807, 2.05) is 36.4 Å². The zero-order valence-electron chi connectivity index (χ0n) is 11.6. The lowest BCUT2D eigenvalue weighted by Gasteiger charge is -2.21. The number of ketones is 1. The SMILES string of the molecule is CCOC(=O)C=C1c2ccccc2C(=O)c2ccccc21. The zero-order chi connectivity index (χ0) is 14.8. The third kappa shape index (κ3) is 2.27. The van der Waals surface area contributed by atoms with Crippen LogP contribution in [-0.2, 0) is 9.53 Å². The Bertz CT molecular complexity index is 705. The smallest absolute Gasteiger partial charge is 0.331 e. The Labute approximate surface area is 122 Å². The number of hydrogen-bond donors (Lipinski definition) is 0. The van der Waals surface area contributed by atoms with Crippen molar-refractivity contribution in [3.8, 4) is 0 Å². The second-order valence-electron chi connectivity index (χ2n) is 4.73. The van der Waals surface area contributed by atoms with Gasteiger partial charge < -0.3 is 4.74 Å². The Kier molecular flexibility index (Phi) is 3.40. The monoisotopic (exact) mass is 278 g/mol. The van der Waals surface area contributed by atoms with E-state index in [4.69, 9.17) is 4.74 Å². The van der Waals surface area contributed by atoms with E-state index in [0.29, 0.717) is 17.7 Å². The molecule has 0 radical (unpaired) electrons. The standard InChI is InChI=1S/C18H14O3/c1-2-21-17(19)11-16-12-7-3-5-9-14(12)18(20)15-10-6-4-8-13(15)16/h3-11H,2H2,1H3. The van der Waals surface area contributed by atoms with Crippen LogP contribution >= 0.6 is 0 Å². The van der Waals surface area contributed by atoms with E-state index >= 15 is 0 Å². The van der Waals surface area contributed by atoms with E-state index in [9.17, 15) is 9.59 Å². The fourth-order valence-corrected chi connectivity index (χ4v) is 2.58. The maximum Gasteiger partial charge on any atom is 0.331 e. The minimum atomic E-state index is -0.397. The minimum Gasteiger partial charge on any atom is -0.463 e.